The van der Waals surface area contributed by atoms with Crippen molar-refractivity contribution < 1.29 is 4.79 Å². The van der Waals surface area contributed by atoms with Gasteiger partial charge in [0.15, 0.2) is 0 Å². The van der Waals surface area contributed by atoms with Crippen LogP contribution in [0.25, 0.3) is 11.1 Å². The van der Waals surface area contributed by atoms with Crippen molar-refractivity contribution >= 4 is 17.4 Å². The molecule has 2 amide bonds. The highest BCUT2D eigenvalue weighted by atomic mass is 32.1. The fraction of sp³-hybridized carbons (Fsp3) is 0.353. The first-order valence-corrected chi connectivity index (χ1v) is 8.57. The molecule has 3 heterocycles. The maximum absolute atomic E-state index is 11.6. The van der Waals surface area contributed by atoms with E-state index in [1.807, 2.05) is 22.3 Å². The zero-order valence-electron chi connectivity index (χ0n) is 12.4. The Balaban J connectivity index is 1.42. The summed E-state index contributed by atoms with van der Waals surface area (Å²) in [5.41, 5.74) is 2.58. The Bertz CT molecular complexity index is 670. The molecule has 2 aromatic rings. The molecule has 4 rings (SSSR count). The van der Waals surface area contributed by atoms with E-state index in [9.17, 15) is 4.79 Å². The third-order valence-corrected chi connectivity index (χ3v) is 5.38. The second-order valence-corrected chi connectivity index (χ2v) is 6.93. The van der Waals surface area contributed by atoms with Crippen molar-refractivity contribution in [3.63, 3.8) is 0 Å². The van der Waals surface area contributed by atoms with Crippen molar-refractivity contribution in [2.75, 3.05) is 26.2 Å². The van der Waals surface area contributed by atoms with E-state index < -0.39 is 0 Å². The summed E-state index contributed by atoms with van der Waals surface area (Å²) in [5, 5.41) is 5.17. The summed E-state index contributed by atoms with van der Waals surface area (Å²) in [4.78, 5) is 17.5. The number of urea groups is 1. The van der Waals surface area contributed by atoms with Crippen LogP contribution in [0.15, 0.2) is 41.8 Å². The zero-order chi connectivity index (χ0) is 14.9. The minimum absolute atomic E-state index is 0.104. The number of piperazine rings is 1. The molecule has 4 nitrogen and oxygen atoms in total. The summed E-state index contributed by atoms with van der Waals surface area (Å²) >= 11 is 1.83. The van der Waals surface area contributed by atoms with E-state index in [1.54, 1.807) is 0 Å². The Morgan fingerprint density at radius 1 is 1.18 bits per heavy atom. The third-order valence-electron chi connectivity index (χ3n) is 4.46. The fourth-order valence-corrected chi connectivity index (χ4v) is 4.21. The van der Waals surface area contributed by atoms with E-state index in [4.69, 9.17) is 0 Å². The molecule has 1 aromatic carbocycles. The lowest BCUT2D eigenvalue weighted by molar-refractivity contribution is 0.117. The van der Waals surface area contributed by atoms with Gasteiger partial charge in [0.25, 0.3) is 0 Å². The normalized spacial score (nSPS) is 21.7. The van der Waals surface area contributed by atoms with Crippen LogP contribution in [0.3, 0.4) is 0 Å². The number of hydrogen-bond acceptors (Lipinski definition) is 3. The van der Waals surface area contributed by atoms with Crippen LogP contribution in [0, 0.1) is 0 Å². The molecule has 2 aliphatic heterocycles. The van der Waals surface area contributed by atoms with Crippen LogP contribution in [0.5, 0.6) is 0 Å². The lowest BCUT2D eigenvalue weighted by atomic mass is 10.1. The van der Waals surface area contributed by atoms with E-state index in [1.165, 1.54) is 16.0 Å². The monoisotopic (exact) mass is 313 g/mol. The Labute approximate surface area is 134 Å². The number of amides is 2. The average Bonchev–Trinajstić information content (AvgIpc) is 3.16. The molecule has 2 aliphatic rings. The minimum Gasteiger partial charge on any atom is -0.336 e. The van der Waals surface area contributed by atoms with Gasteiger partial charge in [-0.15, -0.1) is 11.3 Å². The van der Waals surface area contributed by atoms with Crippen LogP contribution in [-0.2, 0) is 6.54 Å². The molecule has 0 radical (unpaired) electrons. The number of thiophene rings is 1. The van der Waals surface area contributed by atoms with Crippen molar-refractivity contribution in [2.24, 2.45) is 0 Å². The molecular formula is C17H19N3OS. The van der Waals surface area contributed by atoms with Gasteiger partial charge in [-0.25, -0.2) is 4.79 Å². The number of hydrogen-bond donors (Lipinski definition) is 1. The highest BCUT2D eigenvalue weighted by molar-refractivity contribution is 7.10. The maximum Gasteiger partial charge on any atom is 0.317 e. The van der Waals surface area contributed by atoms with Gasteiger partial charge in [-0.2, -0.15) is 0 Å². The van der Waals surface area contributed by atoms with Gasteiger partial charge in [-0.3, -0.25) is 4.90 Å². The van der Waals surface area contributed by atoms with E-state index in [-0.39, 0.29) is 6.03 Å². The number of nitrogens with zero attached hydrogens (tertiary/aromatic N) is 2. The molecule has 0 aliphatic carbocycles. The summed E-state index contributed by atoms with van der Waals surface area (Å²) in [6.45, 7) is 4.54. The number of rotatable bonds is 3. The minimum atomic E-state index is 0.104. The molecule has 1 aromatic heterocycles. The van der Waals surface area contributed by atoms with Crippen LogP contribution in [-0.4, -0.2) is 48.1 Å². The molecule has 0 unspecified atom stereocenters. The molecule has 2 fully saturated rings. The average molecular weight is 313 g/mol. The van der Waals surface area contributed by atoms with Crippen molar-refractivity contribution in [1.82, 2.24) is 15.1 Å². The van der Waals surface area contributed by atoms with E-state index in [0.29, 0.717) is 6.04 Å². The largest absolute Gasteiger partial charge is 0.336 e. The molecule has 0 bridgehead atoms. The number of carbonyl (C=O) groups excluding carboxylic acids is 1. The lowest BCUT2D eigenvalue weighted by Crippen LogP contribution is -2.51. The predicted octanol–water partition coefficient (Wildman–Crippen LogP) is 2.62. The van der Waals surface area contributed by atoms with Crippen molar-refractivity contribution in [3.05, 3.63) is 46.7 Å². The van der Waals surface area contributed by atoms with Gasteiger partial charge in [0, 0.05) is 37.6 Å². The third kappa shape index (κ3) is 2.62. The van der Waals surface area contributed by atoms with Crippen LogP contribution < -0.4 is 5.32 Å². The second-order valence-electron chi connectivity index (χ2n) is 5.94. The van der Waals surface area contributed by atoms with Gasteiger partial charge in [-0.05, 0) is 22.6 Å². The summed E-state index contributed by atoms with van der Waals surface area (Å²) in [6, 6.07) is 13.3. The predicted molar refractivity (Wildman–Crippen MR) is 88.9 cm³/mol. The quantitative estimate of drug-likeness (QED) is 0.945. The summed E-state index contributed by atoms with van der Waals surface area (Å²) in [7, 11) is 0. The first kappa shape index (κ1) is 13.8. The molecule has 1 atom stereocenters. The maximum atomic E-state index is 11.6. The molecule has 0 saturated carbocycles. The Kier molecular flexibility index (Phi) is 3.60. The molecule has 114 valence electrons. The Morgan fingerprint density at radius 2 is 2.05 bits per heavy atom. The smallest absolute Gasteiger partial charge is 0.317 e. The lowest BCUT2D eigenvalue weighted by Gasteiger charge is -2.36. The van der Waals surface area contributed by atoms with E-state index in [2.05, 4.69) is 45.9 Å². The molecular weight excluding hydrogens is 294 g/mol. The SMILES string of the molecule is O=C1NC[C@@H]2CN(Cc3cc(-c4ccccc4)cs3)CCN12. The second kappa shape index (κ2) is 5.74. The molecule has 22 heavy (non-hydrogen) atoms. The Morgan fingerprint density at radius 3 is 2.91 bits per heavy atom. The topological polar surface area (TPSA) is 35.6 Å². The fourth-order valence-electron chi connectivity index (χ4n) is 3.28. The summed E-state index contributed by atoms with van der Waals surface area (Å²) in [5.74, 6) is 0. The van der Waals surface area contributed by atoms with Crippen molar-refractivity contribution in [2.45, 2.75) is 12.6 Å². The molecule has 0 spiro atoms. The van der Waals surface area contributed by atoms with Gasteiger partial charge in [0.2, 0.25) is 0 Å². The molecule has 1 N–H and O–H groups in total. The first-order chi connectivity index (χ1) is 10.8. The molecule has 5 heteroatoms. The highest BCUT2D eigenvalue weighted by Gasteiger charge is 2.35. The van der Waals surface area contributed by atoms with Gasteiger partial charge < -0.3 is 10.2 Å². The number of fused-ring (bicyclic) bond motifs is 1. The number of nitrogens with one attached hydrogen (secondary N) is 1. The number of carbonyl (C=O) groups is 1. The standard InChI is InChI=1S/C17H19N3OS/c21-17-18-9-15-10-19(6-7-20(15)17)11-16-8-14(12-22-16)13-4-2-1-3-5-13/h1-5,8,12,15H,6-7,9-11H2,(H,18,21)/t15-/m1/s1. The van der Waals surface area contributed by atoms with Crippen LogP contribution >= 0.6 is 11.3 Å². The van der Waals surface area contributed by atoms with Gasteiger partial charge in [0.1, 0.15) is 0 Å². The van der Waals surface area contributed by atoms with Crippen molar-refractivity contribution in [1.29, 1.82) is 0 Å². The van der Waals surface area contributed by atoms with Crippen LogP contribution in [0.4, 0.5) is 4.79 Å². The summed E-state index contributed by atoms with van der Waals surface area (Å²) in [6.07, 6.45) is 0. The van der Waals surface area contributed by atoms with Crippen molar-refractivity contribution in [3.8, 4) is 11.1 Å². The Hall–Kier alpha value is -1.85. The van der Waals surface area contributed by atoms with E-state index in [0.717, 1.165) is 32.7 Å². The van der Waals surface area contributed by atoms with Gasteiger partial charge >= 0.3 is 6.03 Å². The highest BCUT2D eigenvalue weighted by Crippen LogP contribution is 2.27. The van der Waals surface area contributed by atoms with Gasteiger partial charge in [0.05, 0.1) is 6.04 Å². The zero-order valence-corrected chi connectivity index (χ0v) is 13.2. The van der Waals surface area contributed by atoms with E-state index >= 15 is 0 Å². The number of benzene rings is 1. The summed E-state index contributed by atoms with van der Waals surface area (Å²) < 4.78 is 0. The van der Waals surface area contributed by atoms with Crippen LogP contribution in [0.2, 0.25) is 0 Å². The van der Waals surface area contributed by atoms with Gasteiger partial charge in [-0.1, -0.05) is 30.3 Å². The molecule has 2 saturated heterocycles. The van der Waals surface area contributed by atoms with Crippen LogP contribution in [0.1, 0.15) is 4.88 Å². The first-order valence-electron chi connectivity index (χ1n) is 7.69.